The highest BCUT2D eigenvalue weighted by molar-refractivity contribution is 7.19. The van der Waals surface area contributed by atoms with Gasteiger partial charge in [0.05, 0.1) is 10.2 Å². The van der Waals surface area contributed by atoms with E-state index >= 15 is 0 Å². The van der Waals surface area contributed by atoms with E-state index in [9.17, 15) is 4.79 Å². The zero-order chi connectivity index (χ0) is 16.2. The summed E-state index contributed by atoms with van der Waals surface area (Å²) in [6.45, 7) is 2.67. The van der Waals surface area contributed by atoms with Gasteiger partial charge in [0.1, 0.15) is 5.01 Å². The molecule has 0 fully saturated rings. The molecule has 3 nitrogen and oxygen atoms in total. The van der Waals surface area contributed by atoms with Gasteiger partial charge in [0.2, 0.25) is 5.91 Å². The van der Waals surface area contributed by atoms with Crippen LogP contribution < -0.4 is 0 Å². The molecule has 0 N–H and O–H groups in total. The summed E-state index contributed by atoms with van der Waals surface area (Å²) in [5, 5.41) is 0.851. The fourth-order valence-electron chi connectivity index (χ4n) is 2.35. The molecular formula is C19H18N2OS. The topological polar surface area (TPSA) is 33.2 Å². The summed E-state index contributed by atoms with van der Waals surface area (Å²) in [6, 6.07) is 16.1. The molecule has 0 spiro atoms. The van der Waals surface area contributed by atoms with Crippen LogP contribution >= 0.6 is 11.3 Å². The number of thiazole rings is 1. The van der Waals surface area contributed by atoms with Gasteiger partial charge in [0.15, 0.2) is 0 Å². The van der Waals surface area contributed by atoms with Crippen molar-refractivity contribution in [2.24, 2.45) is 0 Å². The summed E-state index contributed by atoms with van der Waals surface area (Å²) in [6.07, 6.45) is 3.39. The minimum atomic E-state index is -0.0208. The lowest BCUT2D eigenvalue weighted by Gasteiger charge is -2.16. The molecule has 0 saturated heterocycles. The fraction of sp³-hybridized carbons (Fsp3) is 0.158. The summed E-state index contributed by atoms with van der Waals surface area (Å²) in [4.78, 5) is 18.5. The van der Waals surface area contributed by atoms with Gasteiger partial charge in [-0.3, -0.25) is 4.79 Å². The van der Waals surface area contributed by atoms with E-state index < -0.39 is 0 Å². The number of hydrogen-bond donors (Lipinski definition) is 0. The number of hydrogen-bond acceptors (Lipinski definition) is 3. The minimum Gasteiger partial charge on any atom is -0.338 e. The van der Waals surface area contributed by atoms with Crippen LogP contribution in [-0.4, -0.2) is 22.8 Å². The molecule has 3 rings (SSSR count). The quantitative estimate of drug-likeness (QED) is 0.672. The molecule has 3 aromatic rings. The van der Waals surface area contributed by atoms with Crippen LogP contribution in [0.1, 0.15) is 16.1 Å². The summed E-state index contributed by atoms with van der Waals surface area (Å²) in [5.74, 6) is -0.0208. The van der Waals surface area contributed by atoms with Crippen molar-refractivity contribution in [1.82, 2.24) is 9.88 Å². The van der Waals surface area contributed by atoms with E-state index in [-0.39, 0.29) is 5.91 Å². The van der Waals surface area contributed by atoms with E-state index in [0.717, 1.165) is 20.8 Å². The zero-order valence-corrected chi connectivity index (χ0v) is 14.0. The normalized spacial score (nSPS) is 11.2. The summed E-state index contributed by atoms with van der Waals surface area (Å²) < 4.78 is 1.13. The van der Waals surface area contributed by atoms with Crippen molar-refractivity contribution >= 4 is 33.5 Å². The number of carbonyl (C=O) groups is 1. The lowest BCUT2D eigenvalue weighted by Crippen LogP contribution is -2.24. The predicted octanol–water partition coefficient (Wildman–Crippen LogP) is 4.28. The molecule has 1 heterocycles. The first kappa shape index (κ1) is 15.4. The van der Waals surface area contributed by atoms with E-state index in [2.05, 4.69) is 24.0 Å². The molecule has 23 heavy (non-hydrogen) atoms. The average molecular weight is 322 g/mol. The van der Waals surface area contributed by atoms with Crippen molar-refractivity contribution in [3.63, 3.8) is 0 Å². The van der Waals surface area contributed by atoms with E-state index in [0.29, 0.717) is 6.54 Å². The molecule has 0 aliphatic heterocycles. The third-order valence-corrected chi connectivity index (χ3v) is 4.73. The Kier molecular flexibility index (Phi) is 4.53. The van der Waals surface area contributed by atoms with Crippen LogP contribution in [-0.2, 0) is 11.3 Å². The first-order valence-electron chi connectivity index (χ1n) is 7.47. The van der Waals surface area contributed by atoms with Gasteiger partial charge in [0, 0.05) is 19.7 Å². The van der Waals surface area contributed by atoms with Crippen molar-refractivity contribution in [3.05, 3.63) is 70.7 Å². The number of aromatic nitrogens is 1. The maximum atomic E-state index is 12.3. The minimum absolute atomic E-state index is 0.0208. The van der Waals surface area contributed by atoms with Crippen molar-refractivity contribution in [1.29, 1.82) is 0 Å². The Labute approximate surface area is 139 Å². The fourth-order valence-corrected chi connectivity index (χ4v) is 3.22. The Hall–Kier alpha value is -2.46. The zero-order valence-electron chi connectivity index (χ0n) is 13.2. The van der Waals surface area contributed by atoms with Crippen LogP contribution in [0, 0.1) is 6.92 Å². The molecule has 1 amide bonds. The first-order chi connectivity index (χ1) is 11.1. The predicted molar refractivity (Wildman–Crippen MR) is 96.3 cm³/mol. The van der Waals surface area contributed by atoms with Crippen molar-refractivity contribution in [2.45, 2.75) is 13.5 Å². The van der Waals surface area contributed by atoms with Gasteiger partial charge < -0.3 is 4.90 Å². The van der Waals surface area contributed by atoms with Crippen molar-refractivity contribution in [2.75, 3.05) is 7.05 Å². The maximum absolute atomic E-state index is 12.3. The van der Waals surface area contributed by atoms with Gasteiger partial charge in [-0.25, -0.2) is 4.98 Å². The van der Waals surface area contributed by atoms with Crippen LogP contribution in [0.3, 0.4) is 0 Å². The second-order valence-electron chi connectivity index (χ2n) is 5.47. The van der Waals surface area contributed by atoms with E-state index in [1.54, 1.807) is 28.4 Å². The number of nitrogens with zero attached hydrogens (tertiary/aromatic N) is 2. The number of rotatable bonds is 4. The highest BCUT2D eigenvalue weighted by Crippen LogP contribution is 2.22. The molecular weight excluding hydrogens is 304 g/mol. The maximum Gasteiger partial charge on any atom is 0.246 e. The third-order valence-electron chi connectivity index (χ3n) is 3.72. The molecule has 116 valence electrons. The Bertz CT molecular complexity index is 833. The molecule has 0 aliphatic carbocycles. The molecule has 0 unspecified atom stereocenters. The van der Waals surface area contributed by atoms with Gasteiger partial charge in [-0.1, -0.05) is 36.4 Å². The lowest BCUT2D eigenvalue weighted by atomic mass is 10.1. The van der Waals surface area contributed by atoms with Crippen LogP contribution in [0.5, 0.6) is 0 Å². The number of likely N-dealkylation sites (N-methyl/N-ethyl adjacent to an activating group) is 1. The lowest BCUT2D eigenvalue weighted by molar-refractivity contribution is -0.125. The van der Waals surface area contributed by atoms with Gasteiger partial charge in [0.25, 0.3) is 0 Å². The van der Waals surface area contributed by atoms with Crippen LogP contribution in [0.2, 0.25) is 0 Å². The van der Waals surface area contributed by atoms with Gasteiger partial charge in [-0.2, -0.15) is 0 Å². The number of fused-ring (bicyclic) bond motifs is 1. The van der Waals surface area contributed by atoms with E-state index in [1.807, 2.05) is 43.4 Å². The number of aryl methyl sites for hydroxylation is 1. The SMILES string of the molecule is Cc1ccccc1CN(C)C(=O)/C=C/c1nc2ccccc2s1. The Morgan fingerprint density at radius 2 is 1.91 bits per heavy atom. The molecule has 0 bridgehead atoms. The molecule has 0 atom stereocenters. The highest BCUT2D eigenvalue weighted by Gasteiger charge is 2.08. The number of para-hydroxylation sites is 1. The number of amides is 1. The first-order valence-corrected chi connectivity index (χ1v) is 8.28. The van der Waals surface area contributed by atoms with Crippen molar-refractivity contribution in [3.8, 4) is 0 Å². The standard InChI is InChI=1S/C19H18N2OS/c1-14-7-3-4-8-15(14)13-21(2)19(22)12-11-18-20-16-9-5-6-10-17(16)23-18/h3-12H,13H2,1-2H3/b12-11+. The highest BCUT2D eigenvalue weighted by atomic mass is 32.1. The largest absolute Gasteiger partial charge is 0.338 e. The summed E-state index contributed by atoms with van der Waals surface area (Å²) >= 11 is 1.59. The molecule has 2 aromatic carbocycles. The van der Waals surface area contributed by atoms with Gasteiger partial charge in [-0.05, 0) is 36.3 Å². The number of carbonyl (C=O) groups excluding carboxylic acids is 1. The van der Waals surface area contributed by atoms with Crippen molar-refractivity contribution < 1.29 is 4.79 Å². The molecule has 0 radical (unpaired) electrons. The Morgan fingerprint density at radius 1 is 1.17 bits per heavy atom. The van der Waals surface area contributed by atoms with E-state index in [1.165, 1.54) is 5.56 Å². The second kappa shape index (κ2) is 6.75. The van der Waals surface area contributed by atoms with Crippen LogP contribution in [0.4, 0.5) is 0 Å². The average Bonchev–Trinajstić information content (AvgIpc) is 2.97. The summed E-state index contributed by atoms with van der Waals surface area (Å²) in [7, 11) is 1.82. The molecule has 0 aliphatic rings. The number of benzene rings is 2. The van der Waals surface area contributed by atoms with Gasteiger partial charge in [-0.15, -0.1) is 11.3 Å². The molecule has 0 saturated carbocycles. The van der Waals surface area contributed by atoms with Crippen LogP contribution in [0.25, 0.3) is 16.3 Å². The Morgan fingerprint density at radius 3 is 2.70 bits per heavy atom. The molecule has 4 heteroatoms. The third kappa shape index (κ3) is 3.66. The smallest absolute Gasteiger partial charge is 0.246 e. The van der Waals surface area contributed by atoms with Gasteiger partial charge >= 0.3 is 0 Å². The second-order valence-corrected chi connectivity index (χ2v) is 6.54. The summed E-state index contributed by atoms with van der Waals surface area (Å²) in [5.41, 5.74) is 3.33. The van der Waals surface area contributed by atoms with E-state index in [4.69, 9.17) is 0 Å². The van der Waals surface area contributed by atoms with Crippen LogP contribution in [0.15, 0.2) is 54.6 Å². The monoisotopic (exact) mass is 322 g/mol. The molecule has 1 aromatic heterocycles. The Balaban J connectivity index is 1.69.